The minimum Gasteiger partial charge on any atom is -0.497 e. The summed E-state index contributed by atoms with van der Waals surface area (Å²) in [6, 6.07) is 5.77. The lowest BCUT2D eigenvalue weighted by atomic mass is 10.2. The maximum absolute atomic E-state index is 12.7. The van der Waals surface area contributed by atoms with Crippen LogP contribution in [0.15, 0.2) is 29.2 Å². The van der Waals surface area contributed by atoms with Gasteiger partial charge in [0.1, 0.15) is 5.75 Å². The maximum atomic E-state index is 12.7. The standard InChI is InChI=1S/C13H17N3O5S/c1-15-11(17)7-8-16(13(15)12(14)18)22(19,20)10-5-3-9(21-2)4-6-10/h3-6,13H,7-8H2,1-2H3,(H2,14,18)/t13-/m1/s1. The van der Waals surface area contributed by atoms with E-state index in [4.69, 9.17) is 10.5 Å². The van der Waals surface area contributed by atoms with Crippen LogP contribution in [0.1, 0.15) is 6.42 Å². The Balaban J connectivity index is 2.41. The molecule has 120 valence electrons. The molecule has 1 heterocycles. The van der Waals surface area contributed by atoms with Gasteiger partial charge in [-0.1, -0.05) is 0 Å². The van der Waals surface area contributed by atoms with E-state index in [9.17, 15) is 18.0 Å². The average Bonchev–Trinajstić information content (AvgIpc) is 2.49. The first-order chi connectivity index (χ1) is 10.3. The molecule has 8 nitrogen and oxygen atoms in total. The zero-order valence-electron chi connectivity index (χ0n) is 12.2. The lowest BCUT2D eigenvalue weighted by Crippen LogP contribution is -2.61. The van der Waals surface area contributed by atoms with Gasteiger partial charge in [0.2, 0.25) is 15.9 Å². The van der Waals surface area contributed by atoms with E-state index in [1.807, 2.05) is 0 Å². The number of carbonyl (C=O) groups is 2. The summed E-state index contributed by atoms with van der Waals surface area (Å²) in [5.41, 5.74) is 5.27. The van der Waals surface area contributed by atoms with Crippen LogP contribution in [0.4, 0.5) is 0 Å². The normalized spacial score (nSPS) is 20.0. The Hall–Kier alpha value is -2.13. The quantitative estimate of drug-likeness (QED) is 0.791. The summed E-state index contributed by atoms with van der Waals surface area (Å²) >= 11 is 0. The van der Waals surface area contributed by atoms with E-state index in [0.717, 1.165) is 9.21 Å². The summed E-state index contributed by atoms with van der Waals surface area (Å²) in [5, 5.41) is 0. The molecule has 2 N–H and O–H groups in total. The number of rotatable bonds is 4. The van der Waals surface area contributed by atoms with E-state index < -0.39 is 22.1 Å². The predicted octanol–water partition coefficient (Wildman–Crippen LogP) is -0.641. The Kier molecular flexibility index (Phi) is 4.38. The number of primary amides is 1. The number of ether oxygens (including phenoxy) is 1. The van der Waals surface area contributed by atoms with Gasteiger partial charge >= 0.3 is 0 Å². The fourth-order valence-electron chi connectivity index (χ4n) is 2.30. The van der Waals surface area contributed by atoms with Gasteiger partial charge in [0.05, 0.1) is 12.0 Å². The van der Waals surface area contributed by atoms with Gasteiger partial charge in [-0.2, -0.15) is 4.31 Å². The molecule has 1 saturated heterocycles. The van der Waals surface area contributed by atoms with E-state index in [2.05, 4.69) is 0 Å². The highest BCUT2D eigenvalue weighted by molar-refractivity contribution is 7.89. The second-order valence-electron chi connectivity index (χ2n) is 4.82. The highest BCUT2D eigenvalue weighted by Gasteiger charge is 2.42. The van der Waals surface area contributed by atoms with Crippen molar-refractivity contribution in [3.63, 3.8) is 0 Å². The number of hydrogen-bond acceptors (Lipinski definition) is 5. The monoisotopic (exact) mass is 327 g/mol. The number of methoxy groups -OCH3 is 1. The molecule has 0 aromatic heterocycles. The molecule has 0 radical (unpaired) electrons. The second kappa shape index (κ2) is 5.93. The summed E-state index contributed by atoms with van der Waals surface area (Å²) in [6.45, 7) is -0.0921. The van der Waals surface area contributed by atoms with Crippen LogP contribution in [0.5, 0.6) is 5.75 Å². The Morgan fingerprint density at radius 2 is 1.91 bits per heavy atom. The van der Waals surface area contributed by atoms with Gasteiger partial charge in [-0.3, -0.25) is 9.59 Å². The van der Waals surface area contributed by atoms with Crippen LogP contribution in [0.25, 0.3) is 0 Å². The number of carbonyl (C=O) groups excluding carboxylic acids is 2. The van der Waals surface area contributed by atoms with Crippen LogP contribution < -0.4 is 10.5 Å². The summed E-state index contributed by atoms with van der Waals surface area (Å²) in [7, 11) is -1.13. The largest absolute Gasteiger partial charge is 0.497 e. The minimum atomic E-state index is -3.95. The van der Waals surface area contributed by atoms with E-state index in [0.29, 0.717) is 5.75 Å². The van der Waals surface area contributed by atoms with Gasteiger partial charge in [0, 0.05) is 20.0 Å². The highest BCUT2D eigenvalue weighted by atomic mass is 32.2. The molecule has 1 atom stereocenters. The molecule has 2 amide bonds. The first-order valence-electron chi connectivity index (χ1n) is 6.50. The SMILES string of the molecule is COc1ccc(S(=O)(=O)N2CCC(=O)N(C)[C@H]2C(N)=O)cc1. The lowest BCUT2D eigenvalue weighted by Gasteiger charge is -2.38. The number of benzene rings is 1. The molecular formula is C13H17N3O5S. The highest BCUT2D eigenvalue weighted by Crippen LogP contribution is 2.25. The average molecular weight is 327 g/mol. The van der Waals surface area contributed by atoms with Gasteiger partial charge in [-0.25, -0.2) is 8.42 Å². The molecule has 0 bridgehead atoms. The molecule has 0 aliphatic carbocycles. The topological polar surface area (TPSA) is 110 Å². The molecule has 1 aliphatic heterocycles. The molecule has 2 rings (SSSR count). The Labute approximate surface area is 128 Å². The van der Waals surface area contributed by atoms with Gasteiger partial charge < -0.3 is 15.4 Å². The van der Waals surface area contributed by atoms with Crippen molar-refractivity contribution < 1.29 is 22.7 Å². The van der Waals surface area contributed by atoms with Crippen molar-refractivity contribution in [2.24, 2.45) is 5.73 Å². The molecule has 22 heavy (non-hydrogen) atoms. The number of hydrogen-bond donors (Lipinski definition) is 1. The summed E-state index contributed by atoms with van der Waals surface area (Å²) in [4.78, 5) is 24.3. The first-order valence-corrected chi connectivity index (χ1v) is 7.94. The fourth-order valence-corrected chi connectivity index (χ4v) is 3.89. The third-order valence-corrected chi connectivity index (χ3v) is 5.37. The molecule has 0 unspecified atom stereocenters. The van der Waals surface area contributed by atoms with Crippen molar-refractivity contribution in [1.29, 1.82) is 0 Å². The predicted molar refractivity (Wildman–Crippen MR) is 77.3 cm³/mol. The Morgan fingerprint density at radius 3 is 2.41 bits per heavy atom. The number of nitrogens with two attached hydrogens (primary N) is 1. The van der Waals surface area contributed by atoms with Crippen molar-refractivity contribution >= 4 is 21.8 Å². The smallest absolute Gasteiger partial charge is 0.256 e. The summed E-state index contributed by atoms with van der Waals surface area (Å²) in [5.74, 6) is -0.714. The lowest BCUT2D eigenvalue weighted by molar-refractivity contribution is -0.146. The molecular weight excluding hydrogens is 310 g/mol. The van der Waals surface area contributed by atoms with Crippen LogP contribution in [0.3, 0.4) is 0 Å². The number of amides is 2. The van der Waals surface area contributed by atoms with Crippen LogP contribution in [-0.2, 0) is 19.6 Å². The zero-order chi connectivity index (χ0) is 16.5. The van der Waals surface area contributed by atoms with Crippen molar-refractivity contribution in [2.45, 2.75) is 17.5 Å². The molecule has 1 aromatic rings. The van der Waals surface area contributed by atoms with E-state index >= 15 is 0 Å². The van der Waals surface area contributed by atoms with Gasteiger partial charge in [0.15, 0.2) is 6.17 Å². The number of nitrogens with zero attached hydrogens (tertiary/aromatic N) is 2. The summed E-state index contributed by atoms with van der Waals surface area (Å²) in [6.07, 6.45) is -1.33. The molecule has 0 saturated carbocycles. The number of sulfonamides is 1. The first kappa shape index (κ1) is 16.2. The molecule has 9 heteroatoms. The van der Waals surface area contributed by atoms with Crippen molar-refractivity contribution in [2.75, 3.05) is 20.7 Å². The Morgan fingerprint density at radius 1 is 1.32 bits per heavy atom. The molecule has 1 aromatic carbocycles. The van der Waals surface area contributed by atoms with Crippen LogP contribution in [-0.4, -0.2) is 56.3 Å². The second-order valence-corrected chi connectivity index (χ2v) is 6.71. The van der Waals surface area contributed by atoms with Gasteiger partial charge in [-0.05, 0) is 24.3 Å². The molecule has 1 fully saturated rings. The molecule has 0 spiro atoms. The Bertz CT molecular complexity index is 686. The van der Waals surface area contributed by atoms with Crippen molar-refractivity contribution in [1.82, 2.24) is 9.21 Å². The van der Waals surface area contributed by atoms with E-state index in [1.54, 1.807) is 0 Å². The minimum absolute atomic E-state index is 0.00213. The van der Waals surface area contributed by atoms with Crippen molar-refractivity contribution in [3.05, 3.63) is 24.3 Å². The van der Waals surface area contributed by atoms with Crippen LogP contribution >= 0.6 is 0 Å². The number of likely N-dealkylation sites (N-methyl/N-ethyl adjacent to an activating group) is 1. The van der Waals surface area contributed by atoms with E-state index in [-0.39, 0.29) is 23.8 Å². The third-order valence-electron chi connectivity index (χ3n) is 3.50. The van der Waals surface area contributed by atoms with Crippen LogP contribution in [0, 0.1) is 0 Å². The zero-order valence-corrected chi connectivity index (χ0v) is 13.0. The summed E-state index contributed by atoms with van der Waals surface area (Å²) < 4.78 is 31.3. The molecule has 1 aliphatic rings. The van der Waals surface area contributed by atoms with Crippen molar-refractivity contribution in [3.8, 4) is 5.75 Å². The van der Waals surface area contributed by atoms with Gasteiger partial charge in [0.25, 0.3) is 5.91 Å². The van der Waals surface area contributed by atoms with Gasteiger partial charge in [-0.15, -0.1) is 0 Å². The maximum Gasteiger partial charge on any atom is 0.256 e. The van der Waals surface area contributed by atoms with E-state index in [1.165, 1.54) is 38.4 Å². The third kappa shape index (κ3) is 2.77. The fraction of sp³-hybridized carbons (Fsp3) is 0.385. The van der Waals surface area contributed by atoms with Crippen LogP contribution in [0.2, 0.25) is 0 Å².